The molecule has 0 aliphatic carbocycles. The van der Waals surface area contributed by atoms with E-state index in [2.05, 4.69) is 13.8 Å². The smallest absolute Gasteiger partial charge is 0.0700 e. The van der Waals surface area contributed by atoms with Gasteiger partial charge in [0.15, 0.2) is 0 Å². The maximum Gasteiger partial charge on any atom is 0.0700 e. The zero-order valence-corrected chi connectivity index (χ0v) is 8.47. The van der Waals surface area contributed by atoms with Crippen LogP contribution in [0.25, 0.3) is 0 Å². The Morgan fingerprint density at radius 2 is 1.08 bits per heavy atom. The number of unbranched alkanes of at least 4 members (excludes halogenated alkanes) is 2. The van der Waals surface area contributed by atoms with E-state index >= 15 is 0 Å². The molecule has 0 bridgehead atoms. The standard InChI is InChI=1S/C10H22O2/c1-3-5-7-11-9-10-12-8-6-4-2/h3-10H2,1-2H3. The van der Waals surface area contributed by atoms with Crippen molar-refractivity contribution in [3.63, 3.8) is 0 Å². The lowest BCUT2D eigenvalue weighted by Crippen LogP contribution is -2.05. The van der Waals surface area contributed by atoms with Crippen LogP contribution in [0.3, 0.4) is 0 Å². The lowest BCUT2D eigenvalue weighted by Gasteiger charge is -2.03. The minimum Gasteiger partial charge on any atom is -0.379 e. The van der Waals surface area contributed by atoms with Gasteiger partial charge in [-0.15, -0.1) is 0 Å². The molecule has 0 atom stereocenters. The second-order valence-electron chi connectivity index (χ2n) is 2.93. The average Bonchev–Trinajstić information content (AvgIpc) is 2.10. The second-order valence-corrected chi connectivity index (χ2v) is 2.93. The van der Waals surface area contributed by atoms with Crippen molar-refractivity contribution in [3.8, 4) is 0 Å². The molecule has 0 spiro atoms. The van der Waals surface area contributed by atoms with Gasteiger partial charge in [-0.2, -0.15) is 0 Å². The summed E-state index contributed by atoms with van der Waals surface area (Å²) in [4.78, 5) is 0. The summed E-state index contributed by atoms with van der Waals surface area (Å²) in [5.74, 6) is 0. The van der Waals surface area contributed by atoms with Crippen molar-refractivity contribution in [2.24, 2.45) is 0 Å². The number of rotatable bonds is 9. The van der Waals surface area contributed by atoms with E-state index in [1.54, 1.807) is 0 Å². The summed E-state index contributed by atoms with van der Waals surface area (Å²) in [5.41, 5.74) is 0. The maximum absolute atomic E-state index is 5.33. The predicted molar refractivity (Wildman–Crippen MR) is 51.5 cm³/mol. The Kier molecular flexibility index (Phi) is 10.8. The van der Waals surface area contributed by atoms with E-state index in [0.717, 1.165) is 39.3 Å². The van der Waals surface area contributed by atoms with Crippen LogP contribution in [0.5, 0.6) is 0 Å². The van der Waals surface area contributed by atoms with Crippen molar-refractivity contribution >= 4 is 0 Å². The topological polar surface area (TPSA) is 18.5 Å². The van der Waals surface area contributed by atoms with Crippen molar-refractivity contribution in [1.29, 1.82) is 0 Å². The van der Waals surface area contributed by atoms with E-state index in [1.165, 1.54) is 12.8 Å². The van der Waals surface area contributed by atoms with E-state index in [1.807, 2.05) is 0 Å². The van der Waals surface area contributed by atoms with Gasteiger partial charge in [-0.05, 0) is 12.8 Å². The summed E-state index contributed by atoms with van der Waals surface area (Å²) in [6.45, 7) is 7.61. The number of ether oxygens (including phenoxy) is 2. The van der Waals surface area contributed by atoms with Gasteiger partial charge in [-0.1, -0.05) is 26.7 Å². The van der Waals surface area contributed by atoms with Crippen molar-refractivity contribution < 1.29 is 9.47 Å². The molecule has 0 amide bonds. The van der Waals surface area contributed by atoms with Crippen molar-refractivity contribution in [2.75, 3.05) is 26.4 Å². The Hall–Kier alpha value is -0.0800. The molecular weight excluding hydrogens is 152 g/mol. The van der Waals surface area contributed by atoms with Crippen LogP contribution in [0.15, 0.2) is 0 Å². The zero-order chi connectivity index (χ0) is 9.07. The molecule has 0 aromatic carbocycles. The first-order valence-corrected chi connectivity index (χ1v) is 5.07. The summed E-state index contributed by atoms with van der Waals surface area (Å²) < 4.78 is 10.7. The minimum atomic E-state index is 0.754. The highest BCUT2D eigenvalue weighted by molar-refractivity contribution is 4.35. The fourth-order valence-corrected chi connectivity index (χ4v) is 0.815. The molecule has 0 rings (SSSR count). The molecule has 2 nitrogen and oxygen atoms in total. The van der Waals surface area contributed by atoms with Crippen LogP contribution in [-0.2, 0) is 9.47 Å². The predicted octanol–water partition coefficient (Wildman–Crippen LogP) is 2.62. The monoisotopic (exact) mass is 174 g/mol. The second kappa shape index (κ2) is 10.9. The molecule has 0 saturated heterocycles. The van der Waals surface area contributed by atoms with Crippen LogP contribution in [0.2, 0.25) is 0 Å². The average molecular weight is 174 g/mol. The summed E-state index contributed by atoms with van der Waals surface area (Å²) in [6, 6.07) is 0. The molecule has 0 aliphatic rings. The third-order valence-electron chi connectivity index (χ3n) is 1.66. The van der Waals surface area contributed by atoms with Gasteiger partial charge in [0.05, 0.1) is 13.2 Å². The third-order valence-corrected chi connectivity index (χ3v) is 1.66. The first kappa shape index (κ1) is 11.9. The molecule has 2 heteroatoms. The van der Waals surface area contributed by atoms with E-state index < -0.39 is 0 Å². The van der Waals surface area contributed by atoms with Gasteiger partial charge in [0.2, 0.25) is 0 Å². The summed E-state index contributed by atoms with van der Waals surface area (Å²) >= 11 is 0. The Bertz CT molecular complexity index is 64.2. The lowest BCUT2D eigenvalue weighted by molar-refractivity contribution is 0.0457. The molecule has 0 saturated carbocycles. The van der Waals surface area contributed by atoms with Crippen LogP contribution in [0.4, 0.5) is 0 Å². The van der Waals surface area contributed by atoms with E-state index in [-0.39, 0.29) is 0 Å². The normalized spacial score (nSPS) is 10.5. The van der Waals surface area contributed by atoms with Gasteiger partial charge in [0.1, 0.15) is 0 Å². The summed E-state index contributed by atoms with van der Waals surface area (Å²) in [5, 5.41) is 0. The molecule has 0 N–H and O–H groups in total. The molecular formula is C10H22O2. The van der Waals surface area contributed by atoms with E-state index in [0.29, 0.717) is 0 Å². The lowest BCUT2D eigenvalue weighted by atomic mass is 10.4. The van der Waals surface area contributed by atoms with Gasteiger partial charge in [0, 0.05) is 13.2 Å². The number of hydrogen-bond donors (Lipinski definition) is 0. The molecule has 12 heavy (non-hydrogen) atoms. The minimum absolute atomic E-state index is 0.754. The van der Waals surface area contributed by atoms with Crippen LogP contribution >= 0.6 is 0 Å². The first-order valence-electron chi connectivity index (χ1n) is 5.07. The molecule has 74 valence electrons. The van der Waals surface area contributed by atoms with Gasteiger partial charge < -0.3 is 9.47 Å². The van der Waals surface area contributed by atoms with Crippen molar-refractivity contribution in [1.82, 2.24) is 0 Å². The quantitative estimate of drug-likeness (QED) is 0.500. The van der Waals surface area contributed by atoms with Crippen LogP contribution in [0.1, 0.15) is 39.5 Å². The summed E-state index contributed by atoms with van der Waals surface area (Å²) in [7, 11) is 0. The van der Waals surface area contributed by atoms with Gasteiger partial charge in [-0.25, -0.2) is 0 Å². The van der Waals surface area contributed by atoms with Crippen molar-refractivity contribution in [3.05, 3.63) is 0 Å². The van der Waals surface area contributed by atoms with E-state index in [9.17, 15) is 0 Å². The fourth-order valence-electron chi connectivity index (χ4n) is 0.815. The van der Waals surface area contributed by atoms with Crippen LogP contribution in [0, 0.1) is 0 Å². The maximum atomic E-state index is 5.33. The Balaban J connectivity index is 2.73. The highest BCUT2D eigenvalue weighted by atomic mass is 16.5. The molecule has 0 unspecified atom stereocenters. The molecule has 0 aromatic rings. The first-order chi connectivity index (χ1) is 5.91. The van der Waals surface area contributed by atoms with Gasteiger partial charge in [-0.3, -0.25) is 0 Å². The number of hydrogen-bond acceptors (Lipinski definition) is 2. The zero-order valence-electron chi connectivity index (χ0n) is 8.47. The fraction of sp³-hybridized carbons (Fsp3) is 1.00. The Morgan fingerprint density at radius 1 is 0.667 bits per heavy atom. The van der Waals surface area contributed by atoms with E-state index in [4.69, 9.17) is 9.47 Å². The molecule has 0 fully saturated rings. The Morgan fingerprint density at radius 3 is 1.42 bits per heavy atom. The molecule has 0 radical (unpaired) electrons. The van der Waals surface area contributed by atoms with Crippen molar-refractivity contribution in [2.45, 2.75) is 39.5 Å². The summed E-state index contributed by atoms with van der Waals surface area (Å²) in [6.07, 6.45) is 4.73. The Labute approximate surface area is 76.3 Å². The SMILES string of the molecule is CCCCOCCOCCCC. The third kappa shape index (κ3) is 9.92. The largest absolute Gasteiger partial charge is 0.379 e. The van der Waals surface area contributed by atoms with Crippen LogP contribution < -0.4 is 0 Å². The molecule has 0 heterocycles. The molecule has 0 aliphatic heterocycles. The highest BCUT2D eigenvalue weighted by Gasteiger charge is 1.88. The highest BCUT2D eigenvalue weighted by Crippen LogP contribution is 1.90. The molecule has 0 aromatic heterocycles. The van der Waals surface area contributed by atoms with Crippen LogP contribution in [-0.4, -0.2) is 26.4 Å². The van der Waals surface area contributed by atoms with Gasteiger partial charge in [0.25, 0.3) is 0 Å². The van der Waals surface area contributed by atoms with Gasteiger partial charge >= 0.3 is 0 Å².